The molecule has 3 aliphatic heterocycles. The minimum atomic E-state index is 0.171. The first-order valence-electron chi connectivity index (χ1n) is 13.2. The van der Waals surface area contributed by atoms with E-state index in [1.165, 1.54) is 0 Å². The van der Waals surface area contributed by atoms with E-state index < -0.39 is 0 Å². The Morgan fingerprint density at radius 2 is 1.62 bits per heavy atom. The maximum absolute atomic E-state index is 9.54. The van der Waals surface area contributed by atoms with Gasteiger partial charge in [-0.1, -0.05) is 6.07 Å². The molecule has 11 nitrogen and oxygen atoms in total. The zero-order chi connectivity index (χ0) is 25.5. The maximum atomic E-state index is 9.54. The van der Waals surface area contributed by atoms with Gasteiger partial charge in [-0.25, -0.2) is 4.98 Å². The summed E-state index contributed by atoms with van der Waals surface area (Å²) in [5, 5.41) is 14.2. The molecule has 5 heterocycles. The van der Waals surface area contributed by atoms with E-state index in [4.69, 9.17) is 19.4 Å². The van der Waals surface area contributed by atoms with Crippen LogP contribution >= 0.6 is 0 Å². The number of para-hydroxylation sites is 1. The Labute approximate surface area is 217 Å². The van der Waals surface area contributed by atoms with Gasteiger partial charge in [-0.15, -0.1) is 0 Å². The molecule has 0 radical (unpaired) electrons. The molecule has 11 heteroatoms. The van der Waals surface area contributed by atoms with Gasteiger partial charge in [0, 0.05) is 65.4 Å². The van der Waals surface area contributed by atoms with Crippen molar-refractivity contribution in [2.24, 2.45) is 7.05 Å². The van der Waals surface area contributed by atoms with Crippen molar-refractivity contribution in [3.05, 3.63) is 23.9 Å². The summed E-state index contributed by atoms with van der Waals surface area (Å²) < 4.78 is 13.7. The molecule has 1 N–H and O–H groups in total. The number of hydrogen-bond donors (Lipinski definition) is 1. The number of nitrogens with zero attached hydrogens (tertiary/aromatic N) is 8. The van der Waals surface area contributed by atoms with Gasteiger partial charge in [0.2, 0.25) is 5.95 Å². The zero-order valence-electron chi connectivity index (χ0n) is 21.9. The van der Waals surface area contributed by atoms with Crippen LogP contribution in [0.25, 0.3) is 11.0 Å². The first kappa shape index (κ1) is 24.1. The molecule has 2 aromatic heterocycles. The SMILES string of the molecule is Cc1nn(C)c2c(N3CCN(c4cccc5c4OCCO5)CC3)nc(N3CCN(C(C)CO)CC3)nc12. The fraction of sp³-hybridized carbons (Fsp3) is 0.577. The van der Waals surface area contributed by atoms with Crippen LogP contribution in [0.15, 0.2) is 18.2 Å². The summed E-state index contributed by atoms with van der Waals surface area (Å²) >= 11 is 0. The lowest BCUT2D eigenvalue weighted by Crippen LogP contribution is -2.51. The zero-order valence-corrected chi connectivity index (χ0v) is 21.9. The number of benzene rings is 1. The summed E-state index contributed by atoms with van der Waals surface area (Å²) in [6, 6.07) is 6.30. The Bertz CT molecular complexity index is 1260. The van der Waals surface area contributed by atoms with Gasteiger partial charge in [0.1, 0.15) is 24.2 Å². The smallest absolute Gasteiger partial charge is 0.228 e. The van der Waals surface area contributed by atoms with E-state index >= 15 is 0 Å². The molecule has 0 saturated carbocycles. The summed E-state index contributed by atoms with van der Waals surface area (Å²) in [6.07, 6.45) is 0. The first-order chi connectivity index (χ1) is 18.0. The van der Waals surface area contributed by atoms with Crippen molar-refractivity contribution in [3.8, 4) is 11.5 Å². The summed E-state index contributed by atoms with van der Waals surface area (Å²) in [5.41, 5.74) is 3.91. The van der Waals surface area contributed by atoms with Crippen molar-refractivity contribution < 1.29 is 14.6 Å². The van der Waals surface area contributed by atoms with Crippen LogP contribution in [0, 0.1) is 6.92 Å². The van der Waals surface area contributed by atoms with E-state index in [2.05, 4.69) is 37.7 Å². The molecule has 0 aliphatic carbocycles. The lowest BCUT2D eigenvalue weighted by atomic mass is 10.2. The highest BCUT2D eigenvalue weighted by Crippen LogP contribution is 2.40. The quantitative estimate of drug-likeness (QED) is 0.543. The Kier molecular flexibility index (Phi) is 6.41. The van der Waals surface area contributed by atoms with Gasteiger partial charge in [0.25, 0.3) is 0 Å². The van der Waals surface area contributed by atoms with Gasteiger partial charge in [0.05, 0.1) is 18.0 Å². The molecule has 0 spiro atoms. The van der Waals surface area contributed by atoms with Crippen LogP contribution in [0.3, 0.4) is 0 Å². The lowest BCUT2D eigenvalue weighted by molar-refractivity contribution is 0.128. The average molecular weight is 509 g/mol. The van der Waals surface area contributed by atoms with Crippen LogP contribution in [0.1, 0.15) is 12.6 Å². The average Bonchev–Trinajstić information content (AvgIpc) is 3.25. The summed E-state index contributed by atoms with van der Waals surface area (Å²) in [7, 11) is 1.97. The van der Waals surface area contributed by atoms with E-state index in [0.717, 1.165) is 98.0 Å². The molecule has 2 fully saturated rings. The lowest BCUT2D eigenvalue weighted by Gasteiger charge is -2.39. The summed E-state index contributed by atoms with van der Waals surface area (Å²) in [6.45, 7) is 12.3. The minimum Gasteiger partial charge on any atom is -0.486 e. The van der Waals surface area contributed by atoms with E-state index in [1.54, 1.807) is 0 Å². The van der Waals surface area contributed by atoms with Crippen LogP contribution in [0.5, 0.6) is 11.5 Å². The van der Waals surface area contributed by atoms with Gasteiger partial charge < -0.3 is 29.3 Å². The molecule has 3 aromatic rings. The second-order valence-electron chi connectivity index (χ2n) is 10.1. The highest BCUT2D eigenvalue weighted by molar-refractivity contribution is 5.89. The number of aromatic nitrogens is 4. The van der Waals surface area contributed by atoms with Crippen LogP contribution in [0.4, 0.5) is 17.5 Å². The third kappa shape index (κ3) is 4.40. The topological polar surface area (TPSA) is 95.3 Å². The van der Waals surface area contributed by atoms with Crippen molar-refractivity contribution in [2.45, 2.75) is 19.9 Å². The Morgan fingerprint density at radius 1 is 0.919 bits per heavy atom. The number of aryl methyl sites for hydroxylation is 2. The minimum absolute atomic E-state index is 0.171. The molecule has 0 bridgehead atoms. The third-order valence-corrected chi connectivity index (χ3v) is 7.77. The Balaban J connectivity index is 1.25. The predicted molar refractivity (Wildman–Crippen MR) is 143 cm³/mol. The number of piperazine rings is 2. The number of aliphatic hydroxyl groups excluding tert-OH is 1. The number of hydrogen-bond acceptors (Lipinski definition) is 10. The van der Waals surface area contributed by atoms with Crippen molar-refractivity contribution in [1.29, 1.82) is 0 Å². The Hall–Kier alpha value is -3.31. The molecule has 1 atom stereocenters. The van der Waals surface area contributed by atoms with Gasteiger partial charge >= 0.3 is 0 Å². The van der Waals surface area contributed by atoms with E-state index in [1.807, 2.05) is 30.8 Å². The highest BCUT2D eigenvalue weighted by atomic mass is 16.6. The monoisotopic (exact) mass is 508 g/mol. The maximum Gasteiger partial charge on any atom is 0.228 e. The van der Waals surface area contributed by atoms with Crippen molar-refractivity contribution in [2.75, 3.05) is 86.9 Å². The van der Waals surface area contributed by atoms with E-state index in [0.29, 0.717) is 13.2 Å². The second-order valence-corrected chi connectivity index (χ2v) is 10.1. The number of fused-ring (bicyclic) bond motifs is 2. The van der Waals surface area contributed by atoms with Crippen LogP contribution in [0.2, 0.25) is 0 Å². The van der Waals surface area contributed by atoms with Gasteiger partial charge in [0.15, 0.2) is 17.3 Å². The fourth-order valence-corrected chi connectivity index (χ4v) is 5.61. The fourth-order valence-electron chi connectivity index (χ4n) is 5.61. The number of aliphatic hydroxyl groups is 1. The van der Waals surface area contributed by atoms with Crippen molar-refractivity contribution in [3.63, 3.8) is 0 Å². The second kappa shape index (κ2) is 9.86. The van der Waals surface area contributed by atoms with Crippen LogP contribution in [-0.4, -0.2) is 108 Å². The van der Waals surface area contributed by atoms with Crippen LogP contribution in [-0.2, 0) is 7.05 Å². The van der Waals surface area contributed by atoms with E-state index in [9.17, 15) is 5.11 Å². The Morgan fingerprint density at radius 3 is 2.38 bits per heavy atom. The standard InChI is InChI=1S/C26H36N8O3/c1-18(17-35)31-7-13-34(14-8-31)26-27-22-19(2)29-30(3)23(22)25(28-26)33-11-9-32(10-12-33)20-5-4-6-21-24(20)37-16-15-36-21/h4-6,18,35H,7-17H2,1-3H3. The van der Waals surface area contributed by atoms with Gasteiger partial charge in [-0.3, -0.25) is 9.58 Å². The van der Waals surface area contributed by atoms with Crippen LogP contribution < -0.4 is 24.2 Å². The summed E-state index contributed by atoms with van der Waals surface area (Å²) in [5.74, 6) is 3.39. The van der Waals surface area contributed by atoms with Gasteiger partial charge in [-0.2, -0.15) is 10.1 Å². The first-order valence-corrected chi connectivity index (χ1v) is 13.2. The van der Waals surface area contributed by atoms with Crippen molar-refractivity contribution >= 4 is 28.5 Å². The molecular formula is C26H36N8O3. The molecule has 37 heavy (non-hydrogen) atoms. The predicted octanol–water partition coefficient (Wildman–Crippen LogP) is 1.27. The molecule has 1 unspecified atom stereocenters. The third-order valence-electron chi connectivity index (χ3n) is 7.77. The number of anilines is 3. The molecule has 3 aliphatic rings. The largest absolute Gasteiger partial charge is 0.486 e. The molecule has 6 rings (SSSR count). The van der Waals surface area contributed by atoms with Crippen molar-refractivity contribution in [1.82, 2.24) is 24.6 Å². The van der Waals surface area contributed by atoms with Gasteiger partial charge in [-0.05, 0) is 26.0 Å². The molecule has 198 valence electrons. The summed E-state index contributed by atoms with van der Waals surface area (Å²) in [4.78, 5) is 19.4. The molecule has 1 aromatic carbocycles. The molecule has 0 amide bonds. The van der Waals surface area contributed by atoms with E-state index in [-0.39, 0.29) is 12.6 Å². The molecular weight excluding hydrogens is 472 g/mol. The number of ether oxygens (including phenoxy) is 2. The molecule has 2 saturated heterocycles. The highest BCUT2D eigenvalue weighted by Gasteiger charge is 2.29. The normalized spacial score (nSPS) is 19.5. The number of rotatable bonds is 5.